The Labute approximate surface area is 88.4 Å². The second-order valence-electron chi connectivity index (χ2n) is 2.76. The van der Waals surface area contributed by atoms with Crippen molar-refractivity contribution in [3.05, 3.63) is 34.1 Å². The standard InChI is InChI=1S/C9H9BrF3N/c10-7-1-2-8(11)6(3-7)4-14-5-9(12)13/h1-3,9,14H,4-5H2. The first-order valence-corrected chi connectivity index (χ1v) is 4.81. The summed E-state index contributed by atoms with van der Waals surface area (Å²) in [5, 5.41) is 2.46. The normalized spacial score (nSPS) is 10.9. The van der Waals surface area contributed by atoms with Crippen LogP contribution in [0, 0.1) is 5.82 Å². The van der Waals surface area contributed by atoms with Gasteiger partial charge in [0.15, 0.2) is 0 Å². The molecule has 0 amide bonds. The summed E-state index contributed by atoms with van der Waals surface area (Å²) in [6, 6.07) is 4.42. The molecule has 0 saturated carbocycles. The van der Waals surface area contributed by atoms with Crippen LogP contribution in [0.25, 0.3) is 0 Å². The molecule has 0 aromatic heterocycles. The largest absolute Gasteiger partial charge is 0.307 e. The first-order valence-electron chi connectivity index (χ1n) is 4.02. The van der Waals surface area contributed by atoms with Gasteiger partial charge in [-0.1, -0.05) is 15.9 Å². The lowest BCUT2D eigenvalue weighted by molar-refractivity contribution is 0.145. The van der Waals surface area contributed by atoms with E-state index in [-0.39, 0.29) is 6.54 Å². The Kier molecular flexibility index (Phi) is 4.41. The van der Waals surface area contributed by atoms with Crippen LogP contribution < -0.4 is 5.32 Å². The van der Waals surface area contributed by atoms with Crippen molar-refractivity contribution in [1.82, 2.24) is 5.32 Å². The molecule has 0 bridgehead atoms. The fraction of sp³-hybridized carbons (Fsp3) is 0.333. The Bertz CT molecular complexity index is 304. The molecule has 0 spiro atoms. The van der Waals surface area contributed by atoms with Crippen molar-refractivity contribution in [2.45, 2.75) is 13.0 Å². The number of rotatable bonds is 4. The predicted molar refractivity (Wildman–Crippen MR) is 51.8 cm³/mol. The van der Waals surface area contributed by atoms with Crippen molar-refractivity contribution in [2.75, 3.05) is 6.54 Å². The lowest BCUT2D eigenvalue weighted by Crippen LogP contribution is -2.21. The fourth-order valence-corrected chi connectivity index (χ4v) is 1.40. The first-order chi connectivity index (χ1) is 6.59. The minimum absolute atomic E-state index is 0.107. The van der Waals surface area contributed by atoms with Gasteiger partial charge in [-0.25, -0.2) is 13.2 Å². The van der Waals surface area contributed by atoms with Crippen molar-refractivity contribution in [2.24, 2.45) is 0 Å². The van der Waals surface area contributed by atoms with Crippen molar-refractivity contribution in [3.8, 4) is 0 Å². The van der Waals surface area contributed by atoms with E-state index in [1.54, 1.807) is 12.1 Å². The van der Waals surface area contributed by atoms with Gasteiger partial charge in [0.25, 0.3) is 6.43 Å². The third-order valence-corrected chi connectivity index (χ3v) is 2.12. The summed E-state index contributed by atoms with van der Waals surface area (Å²) in [4.78, 5) is 0. The molecule has 0 aliphatic rings. The van der Waals surface area contributed by atoms with E-state index >= 15 is 0 Å². The number of hydrogen-bond acceptors (Lipinski definition) is 1. The summed E-state index contributed by atoms with van der Waals surface area (Å²) in [5.74, 6) is -0.394. The Morgan fingerprint density at radius 3 is 2.71 bits per heavy atom. The Hall–Kier alpha value is -0.550. The highest BCUT2D eigenvalue weighted by molar-refractivity contribution is 9.10. The first kappa shape index (κ1) is 11.5. The maximum Gasteiger partial charge on any atom is 0.250 e. The molecule has 14 heavy (non-hydrogen) atoms. The highest BCUT2D eigenvalue weighted by Gasteiger charge is 2.04. The molecule has 1 nitrogen and oxygen atoms in total. The minimum atomic E-state index is -2.41. The van der Waals surface area contributed by atoms with Crippen LogP contribution in [0.3, 0.4) is 0 Å². The Morgan fingerprint density at radius 2 is 2.07 bits per heavy atom. The molecule has 0 radical (unpaired) electrons. The van der Waals surface area contributed by atoms with Crippen molar-refractivity contribution in [1.29, 1.82) is 0 Å². The van der Waals surface area contributed by atoms with E-state index in [1.165, 1.54) is 6.07 Å². The second-order valence-corrected chi connectivity index (χ2v) is 3.67. The maximum atomic E-state index is 13.0. The van der Waals surface area contributed by atoms with Gasteiger partial charge in [-0.15, -0.1) is 0 Å². The molecule has 0 unspecified atom stereocenters. The molecular formula is C9H9BrF3N. The lowest BCUT2D eigenvalue weighted by atomic mass is 10.2. The average Bonchev–Trinajstić information content (AvgIpc) is 2.10. The Morgan fingerprint density at radius 1 is 1.36 bits per heavy atom. The molecule has 0 fully saturated rings. The monoisotopic (exact) mass is 267 g/mol. The number of alkyl halides is 2. The number of benzene rings is 1. The van der Waals surface area contributed by atoms with Gasteiger partial charge >= 0.3 is 0 Å². The van der Waals surface area contributed by atoms with Gasteiger partial charge in [0, 0.05) is 16.6 Å². The molecular weight excluding hydrogens is 259 g/mol. The van der Waals surface area contributed by atoms with E-state index in [2.05, 4.69) is 21.2 Å². The molecule has 0 saturated heterocycles. The number of hydrogen-bond donors (Lipinski definition) is 1. The van der Waals surface area contributed by atoms with Crippen molar-refractivity contribution >= 4 is 15.9 Å². The van der Waals surface area contributed by atoms with Crippen LogP contribution in [0.15, 0.2) is 22.7 Å². The topological polar surface area (TPSA) is 12.0 Å². The van der Waals surface area contributed by atoms with E-state index in [0.717, 1.165) is 4.47 Å². The van der Waals surface area contributed by atoms with Crippen LogP contribution in [0.4, 0.5) is 13.2 Å². The van der Waals surface area contributed by atoms with Crippen LogP contribution in [-0.2, 0) is 6.54 Å². The van der Waals surface area contributed by atoms with E-state index in [1.807, 2.05) is 0 Å². The number of nitrogens with one attached hydrogen (secondary N) is 1. The summed E-state index contributed by atoms with van der Waals surface area (Å²) >= 11 is 3.17. The molecule has 1 aromatic rings. The van der Waals surface area contributed by atoms with Crippen molar-refractivity contribution in [3.63, 3.8) is 0 Å². The Balaban J connectivity index is 2.53. The van der Waals surface area contributed by atoms with E-state index in [9.17, 15) is 13.2 Å². The van der Waals surface area contributed by atoms with Gasteiger partial charge in [0.2, 0.25) is 0 Å². The summed E-state index contributed by atoms with van der Waals surface area (Å²) in [6.45, 7) is -0.318. The zero-order valence-electron chi connectivity index (χ0n) is 7.24. The average molecular weight is 268 g/mol. The fourth-order valence-electron chi connectivity index (χ4n) is 0.995. The van der Waals surface area contributed by atoms with Gasteiger partial charge in [-0.2, -0.15) is 0 Å². The van der Waals surface area contributed by atoms with Crippen molar-refractivity contribution < 1.29 is 13.2 Å². The van der Waals surface area contributed by atoms with E-state index < -0.39 is 18.8 Å². The lowest BCUT2D eigenvalue weighted by Gasteiger charge is -2.05. The van der Waals surface area contributed by atoms with Gasteiger partial charge < -0.3 is 5.32 Å². The molecule has 0 aliphatic heterocycles. The van der Waals surface area contributed by atoms with Gasteiger partial charge in [-0.3, -0.25) is 0 Å². The highest BCUT2D eigenvalue weighted by atomic mass is 79.9. The van der Waals surface area contributed by atoms with Crippen LogP contribution in [0.1, 0.15) is 5.56 Å². The van der Waals surface area contributed by atoms with Gasteiger partial charge in [0.1, 0.15) is 5.82 Å². The smallest absolute Gasteiger partial charge is 0.250 e. The summed E-state index contributed by atoms with van der Waals surface area (Å²) in [7, 11) is 0. The molecule has 1 aromatic carbocycles. The van der Waals surface area contributed by atoms with E-state index in [4.69, 9.17) is 0 Å². The molecule has 1 N–H and O–H groups in total. The summed E-state index contributed by atoms with van der Waals surface area (Å²) in [5.41, 5.74) is 0.375. The zero-order chi connectivity index (χ0) is 10.6. The highest BCUT2D eigenvalue weighted by Crippen LogP contribution is 2.15. The SMILES string of the molecule is Fc1ccc(Br)cc1CNCC(F)F. The second kappa shape index (κ2) is 5.36. The van der Waals surface area contributed by atoms with Crippen LogP contribution in [0.2, 0.25) is 0 Å². The van der Waals surface area contributed by atoms with Crippen LogP contribution in [0.5, 0.6) is 0 Å². The molecule has 0 heterocycles. The molecule has 0 atom stereocenters. The quantitative estimate of drug-likeness (QED) is 0.885. The zero-order valence-corrected chi connectivity index (χ0v) is 8.82. The van der Waals surface area contributed by atoms with Gasteiger partial charge in [-0.05, 0) is 18.2 Å². The molecule has 1 rings (SSSR count). The number of halogens is 4. The third-order valence-electron chi connectivity index (χ3n) is 1.62. The predicted octanol–water partition coefficient (Wildman–Crippen LogP) is 2.94. The minimum Gasteiger partial charge on any atom is -0.307 e. The van der Waals surface area contributed by atoms with Crippen LogP contribution in [-0.4, -0.2) is 13.0 Å². The third kappa shape index (κ3) is 3.67. The summed E-state index contributed by atoms with van der Waals surface area (Å²) in [6.07, 6.45) is -2.41. The van der Waals surface area contributed by atoms with Crippen LogP contribution >= 0.6 is 15.9 Å². The molecule has 5 heteroatoms. The summed E-state index contributed by atoms with van der Waals surface area (Å²) < 4.78 is 37.3. The molecule has 0 aliphatic carbocycles. The van der Waals surface area contributed by atoms with Gasteiger partial charge in [0.05, 0.1) is 6.54 Å². The maximum absolute atomic E-state index is 13.0. The van der Waals surface area contributed by atoms with E-state index in [0.29, 0.717) is 5.56 Å². The molecule has 78 valence electrons.